The van der Waals surface area contributed by atoms with E-state index in [1.165, 1.54) is 49.0 Å². The number of hydrogen-bond acceptors (Lipinski definition) is 2. The second-order valence-electron chi connectivity index (χ2n) is 5.44. The van der Waals surface area contributed by atoms with E-state index < -0.39 is 0 Å². The zero-order chi connectivity index (χ0) is 11.7. The normalized spacial score (nSPS) is 21.4. The van der Waals surface area contributed by atoms with Gasteiger partial charge in [0.25, 0.3) is 0 Å². The van der Waals surface area contributed by atoms with Crippen LogP contribution in [0.1, 0.15) is 36.8 Å². The van der Waals surface area contributed by atoms with Crippen LogP contribution >= 0.6 is 0 Å². The number of benzene rings is 1. The molecule has 2 heteroatoms. The van der Waals surface area contributed by atoms with E-state index in [-0.39, 0.29) is 0 Å². The van der Waals surface area contributed by atoms with Crippen LogP contribution in [0.15, 0.2) is 18.2 Å². The van der Waals surface area contributed by atoms with Crippen LogP contribution in [0.4, 0.5) is 5.69 Å². The van der Waals surface area contributed by atoms with Gasteiger partial charge in [0.1, 0.15) is 0 Å². The molecule has 0 saturated heterocycles. The van der Waals surface area contributed by atoms with E-state index in [9.17, 15) is 0 Å². The van der Waals surface area contributed by atoms with Gasteiger partial charge in [-0.3, -0.25) is 0 Å². The van der Waals surface area contributed by atoms with Crippen molar-refractivity contribution < 1.29 is 0 Å². The van der Waals surface area contributed by atoms with Crippen LogP contribution in [-0.4, -0.2) is 19.1 Å². The Bertz CT molecular complexity index is 394. The van der Waals surface area contributed by atoms with Gasteiger partial charge in [-0.2, -0.15) is 0 Å². The lowest BCUT2D eigenvalue weighted by Crippen LogP contribution is -2.36. The largest absolute Gasteiger partial charge is 0.367 e. The van der Waals surface area contributed by atoms with E-state index in [4.69, 9.17) is 0 Å². The van der Waals surface area contributed by atoms with E-state index >= 15 is 0 Å². The molecule has 1 N–H and O–H groups in total. The zero-order valence-electron chi connectivity index (χ0n) is 10.7. The van der Waals surface area contributed by atoms with Crippen molar-refractivity contribution in [1.82, 2.24) is 5.32 Å². The molecule has 1 heterocycles. The summed E-state index contributed by atoms with van der Waals surface area (Å²) in [6, 6.07) is 7.72. The molecular weight excluding hydrogens is 208 g/mol. The molecule has 0 unspecified atom stereocenters. The average molecular weight is 230 g/mol. The highest BCUT2D eigenvalue weighted by Gasteiger charge is 2.25. The number of hydrogen-bond donors (Lipinski definition) is 1. The molecule has 1 fully saturated rings. The first kappa shape index (κ1) is 11.1. The predicted octanol–water partition coefficient (Wildman–Crippen LogP) is 2.85. The van der Waals surface area contributed by atoms with Gasteiger partial charge in [-0.25, -0.2) is 0 Å². The maximum absolute atomic E-state index is 3.54. The highest BCUT2D eigenvalue weighted by Crippen LogP contribution is 2.31. The Morgan fingerprint density at radius 2 is 2.06 bits per heavy atom. The lowest BCUT2D eigenvalue weighted by molar-refractivity contribution is 0.594. The summed E-state index contributed by atoms with van der Waals surface area (Å²) in [6.07, 6.45) is 5.59. The van der Waals surface area contributed by atoms with Gasteiger partial charge in [0.15, 0.2) is 0 Å². The third-order valence-corrected chi connectivity index (χ3v) is 4.15. The average Bonchev–Trinajstić information content (AvgIpc) is 2.77. The Kier molecular flexibility index (Phi) is 3.06. The summed E-state index contributed by atoms with van der Waals surface area (Å²) in [7, 11) is 0. The molecule has 17 heavy (non-hydrogen) atoms. The number of aryl methyl sites for hydroxylation is 1. The molecular formula is C15H22N2. The SMILES string of the molecule is Cc1ccc2c(c1)CNCCN2C1CCCC1. The summed E-state index contributed by atoms with van der Waals surface area (Å²) < 4.78 is 0. The van der Waals surface area contributed by atoms with Crippen molar-refractivity contribution >= 4 is 5.69 Å². The van der Waals surface area contributed by atoms with Crippen LogP contribution in [-0.2, 0) is 6.54 Å². The first-order valence-electron chi connectivity index (χ1n) is 6.91. The molecule has 0 aromatic heterocycles. The van der Waals surface area contributed by atoms with Crippen molar-refractivity contribution in [2.45, 2.75) is 45.2 Å². The minimum atomic E-state index is 0.788. The summed E-state index contributed by atoms with van der Waals surface area (Å²) in [5.41, 5.74) is 4.33. The molecule has 3 rings (SSSR count). The van der Waals surface area contributed by atoms with Crippen molar-refractivity contribution in [1.29, 1.82) is 0 Å². The summed E-state index contributed by atoms with van der Waals surface area (Å²) in [6.45, 7) is 5.50. The minimum absolute atomic E-state index is 0.788. The van der Waals surface area contributed by atoms with Crippen molar-refractivity contribution in [3.8, 4) is 0 Å². The number of nitrogens with one attached hydrogen (secondary N) is 1. The molecule has 2 nitrogen and oxygen atoms in total. The van der Waals surface area contributed by atoms with E-state index in [0.717, 1.165) is 19.1 Å². The second-order valence-corrected chi connectivity index (χ2v) is 5.44. The zero-order valence-corrected chi connectivity index (χ0v) is 10.7. The Morgan fingerprint density at radius 3 is 2.88 bits per heavy atom. The Labute approximate surface area is 104 Å². The summed E-state index contributed by atoms with van der Waals surface area (Å²) in [5, 5.41) is 3.54. The molecule has 1 saturated carbocycles. The smallest absolute Gasteiger partial charge is 0.0414 e. The van der Waals surface area contributed by atoms with Crippen LogP contribution < -0.4 is 10.2 Å². The lowest BCUT2D eigenvalue weighted by Gasteiger charge is -2.31. The van der Waals surface area contributed by atoms with E-state index in [1.807, 2.05) is 0 Å². The first-order chi connectivity index (χ1) is 8.34. The molecule has 1 aliphatic heterocycles. The second kappa shape index (κ2) is 4.69. The third kappa shape index (κ3) is 2.19. The molecule has 1 aromatic carbocycles. The molecule has 0 spiro atoms. The number of fused-ring (bicyclic) bond motifs is 1. The number of nitrogens with zero attached hydrogens (tertiary/aromatic N) is 1. The topological polar surface area (TPSA) is 15.3 Å². The lowest BCUT2D eigenvalue weighted by atomic mass is 10.1. The maximum atomic E-state index is 3.54. The highest BCUT2D eigenvalue weighted by molar-refractivity contribution is 5.56. The fourth-order valence-electron chi connectivity index (χ4n) is 3.27. The van der Waals surface area contributed by atoms with Gasteiger partial charge in [0.2, 0.25) is 0 Å². The van der Waals surface area contributed by atoms with Crippen LogP contribution in [0.25, 0.3) is 0 Å². The van der Waals surface area contributed by atoms with Gasteiger partial charge in [0.05, 0.1) is 0 Å². The molecule has 0 radical (unpaired) electrons. The van der Waals surface area contributed by atoms with Crippen LogP contribution in [0.5, 0.6) is 0 Å². The van der Waals surface area contributed by atoms with Gasteiger partial charge in [-0.15, -0.1) is 0 Å². The van der Waals surface area contributed by atoms with Crippen LogP contribution in [0.3, 0.4) is 0 Å². The monoisotopic (exact) mass is 230 g/mol. The third-order valence-electron chi connectivity index (χ3n) is 4.15. The quantitative estimate of drug-likeness (QED) is 0.798. The predicted molar refractivity (Wildman–Crippen MR) is 72.5 cm³/mol. The Morgan fingerprint density at radius 1 is 1.24 bits per heavy atom. The fourth-order valence-corrected chi connectivity index (χ4v) is 3.27. The number of rotatable bonds is 1. The first-order valence-corrected chi connectivity index (χ1v) is 6.91. The van der Waals surface area contributed by atoms with Gasteiger partial charge >= 0.3 is 0 Å². The van der Waals surface area contributed by atoms with Crippen LogP contribution in [0.2, 0.25) is 0 Å². The summed E-state index contributed by atoms with van der Waals surface area (Å²) in [4.78, 5) is 2.65. The van der Waals surface area contributed by atoms with Crippen molar-refractivity contribution in [3.63, 3.8) is 0 Å². The van der Waals surface area contributed by atoms with Gasteiger partial charge in [-0.1, -0.05) is 30.5 Å². The fraction of sp³-hybridized carbons (Fsp3) is 0.600. The standard InChI is InChI=1S/C15H22N2/c1-12-6-7-15-13(10-12)11-16-8-9-17(15)14-4-2-3-5-14/h6-7,10,14,16H,2-5,8-9,11H2,1H3. The minimum Gasteiger partial charge on any atom is -0.367 e. The van der Waals surface area contributed by atoms with E-state index in [2.05, 4.69) is 35.3 Å². The maximum Gasteiger partial charge on any atom is 0.0414 e. The molecule has 1 aliphatic carbocycles. The highest BCUT2D eigenvalue weighted by atomic mass is 15.2. The van der Waals surface area contributed by atoms with Crippen molar-refractivity contribution in [2.75, 3.05) is 18.0 Å². The Balaban J connectivity index is 1.94. The number of anilines is 1. The van der Waals surface area contributed by atoms with Gasteiger partial charge in [0, 0.05) is 31.4 Å². The molecule has 92 valence electrons. The molecule has 0 amide bonds. The van der Waals surface area contributed by atoms with Crippen LogP contribution in [0, 0.1) is 6.92 Å². The van der Waals surface area contributed by atoms with E-state index in [0.29, 0.717) is 0 Å². The molecule has 2 aliphatic rings. The van der Waals surface area contributed by atoms with Crippen molar-refractivity contribution in [2.24, 2.45) is 0 Å². The molecule has 1 aromatic rings. The Hall–Kier alpha value is -1.02. The molecule has 0 atom stereocenters. The van der Waals surface area contributed by atoms with Gasteiger partial charge in [-0.05, 0) is 31.4 Å². The molecule has 0 bridgehead atoms. The summed E-state index contributed by atoms with van der Waals surface area (Å²) >= 11 is 0. The van der Waals surface area contributed by atoms with Gasteiger partial charge < -0.3 is 10.2 Å². The summed E-state index contributed by atoms with van der Waals surface area (Å²) in [5.74, 6) is 0. The van der Waals surface area contributed by atoms with Crippen molar-refractivity contribution in [3.05, 3.63) is 29.3 Å². The van der Waals surface area contributed by atoms with E-state index in [1.54, 1.807) is 0 Å².